The van der Waals surface area contributed by atoms with Crippen molar-refractivity contribution in [3.05, 3.63) is 34.3 Å². The lowest BCUT2D eigenvalue weighted by molar-refractivity contribution is 0.0522. The lowest BCUT2D eigenvalue weighted by atomic mass is 10.2. The average Bonchev–Trinajstić information content (AvgIpc) is 2.94. The van der Waals surface area contributed by atoms with Crippen LogP contribution < -0.4 is 5.32 Å². The predicted molar refractivity (Wildman–Crippen MR) is 81.3 cm³/mol. The second-order valence-electron chi connectivity index (χ2n) is 5.73. The van der Waals surface area contributed by atoms with E-state index >= 15 is 0 Å². The molecule has 2 rings (SSSR count). The lowest BCUT2D eigenvalue weighted by Gasteiger charge is -2.19. The number of aromatic nitrogens is 3. The van der Waals surface area contributed by atoms with Gasteiger partial charge in [0.2, 0.25) is 0 Å². The van der Waals surface area contributed by atoms with Crippen LogP contribution >= 0.6 is 11.3 Å². The molecule has 0 aromatic carbocycles. The molecule has 0 unspecified atom stereocenters. The molecule has 6 nitrogen and oxygen atoms in total. The minimum Gasteiger partial charge on any atom is -0.444 e. The van der Waals surface area contributed by atoms with Crippen LogP contribution in [-0.2, 0) is 17.8 Å². The molecule has 0 aliphatic heterocycles. The van der Waals surface area contributed by atoms with Crippen LogP contribution in [0.15, 0.2) is 17.9 Å². The third kappa shape index (κ3) is 4.86. The first kappa shape index (κ1) is 15.5. The molecule has 1 N–H and O–H groups in total. The molecule has 2 aromatic heterocycles. The summed E-state index contributed by atoms with van der Waals surface area (Å²) in [5.41, 5.74) is 1.41. The van der Waals surface area contributed by atoms with Crippen LogP contribution in [0.2, 0.25) is 0 Å². The van der Waals surface area contributed by atoms with Gasteiger partial charge in [-0.25, -0.2) is 14.8 Å². The maximum Gasteiger partial charge on any atom is 0.407 e. The number of carbonyl (C=O) groups is 1. The van der Waals surface area contributed by atoms with Crippen molar-refractivity contribution in [1.29, 1.82) is 0 Å². The van der Waals surface area contributed by atoms with Gasteiger partial charge in [-0.2, -0.15) is 0 Å². The Hall–Kier alpha value is -1.89. The molecule has 21 heavy (non-hydrogen) atoms. The molecule has 7 heteroatoms. The Morgan fingerprint density at radius 3 is 2.86 bits per heavy atom. The highest BCUT2D eigenvalue weighted by atomic mass is 32.1. The fraction of sp³-hybridized carbons (Fsp3) is 0.500. The van der Waals surface area contributed by atoms with E-state index in [1.807, 2.05) is 37.6 Å². The highest BCUT2D eigenvalue weighted by molar-refractivity contribution is 7.09. The molecule has 0 spiro atoms. The maximum absolute atomic E-state index is 11.7. The van der Waals surface area contributed by atoms with E-state index < -0.39 is 11.7 Å². The molecule has 0 saturated carbocycles. The van der Waals surface area contributed by atoms with Crippen LogP contribution in [-0.4, -0.2) is 26.2 Å². The van der Waals surface area contributed by atoms with Crippen molar-refractivity contribution in [3.8, 4) is 0 Å². The van der Waals surface area contributed by atoms with Gasteiger partial charge in [-0.1, -0.05) is 0 Å². The van der Waals surface area contributed by atoms with E-state index in [1.165, 1.54) is 0 Å². The highest BCUT2D eigenvalue weighted by Gasteiger charge is 2.16. The number of amides is 1. The quantitative estimate of drug-likeness (QED) is 0.943. The van der Waals surface area contributed by atoms with Crippen molar-refractivity contribution in [2.24, 2.45) is 0 Å². The second-order valence-corrected chi connectivity index (χ2v) is 6.79. The van der Waals surface area contributed by atoms with E-state index in [-0.39, 0.29) is 0 Å². The van der Waals surface area contributed by atoms with E-state index in [0.29, 0.717) is 13.1 Å². The molecule has 0 atom stereocenters. The number of ether oxygens (including phenoxy) is 1. The standard InChI is InChI=1S/C14H20N4O2S/c1-10-17-11(8-21-10)7-18-9-15-5-12(18)6-16-13(19)20-14(2,3)4/h5,8-9H,6-7H2,1-4H3,(H,16,19). The summed E-state index contributed by atoms with van der Waals surface area (Å²) in [5, 5.41) is 5.80. The smallest absolute Gasteiger partial charge is 0.407 e. The topological polar surface area (TPSA) is 69.0 Å². The zero-order valence-corrected chi connectivity index (χ0v) is 13.5. The molecule has 2 aromatic rings. The Balaban J connectivity index is 1.93. The van der Waals surface area contributed by atoms with Crippen LogP contribution in [0.1, 0.15) is 37.2 Å². The zero-order chi connectivity index (χ0) is 15.5. The molecule has 0 aliphatic carbocycles. The van der Waals surface area contributed by atoms with E-state index in [1.54, 1.807) is 23.9 Å². The number of aryl methyl sites for hydroxylation is 1. The molecule has 114 valence electrons. The molecule has 0 saturated heterocycles. The van der Waals surface area contributed by atoms with Gasteiger partial charge in [0.1, 0.15) is 5.60 Å². The number of hydrogen-bond acceptors (Lipinski definition) is 5. The molecule has 0 radical (unpaired) electrons. The Kier molecular flexibility index (Phi) is 4.62. The number of nitrogens with zero attached hydrogens (tertiary/aromatic N) is 3. The molecule has 2 heterocycles. The summed E-state index contributed by atoms with van der Waals surface area (Å²) in [6, 6.07) is 0. The van der Waals surface area contributed by atoms with Gasteiger partial charge < -0.3 is 14.6 Å². The van der Waals surface area contributed by atoms with Gasteiger partial charge in [0.15, 0.2) is 0 Å². The van der Waals surface area contributed by atoms with Crippen molar-refractivity contribution < 1.29 is 9.53 Å². The first-order valence-electron chi connectivity index (χ1n) is 6.70. The average molecular weight is 308 g/mol. The number of rotatable bonds is 4. The van der Waals surface area contributed by atoms with Gasteiger partial charge in [0.25, 0.3) is 0 Å². The van der Waals surface area contributed by atoms with E-state index in [2.05, 4.69) is 15.3 Å². The van der Waals surface area contributed by atoms with Gasteiger partial charge in [-0.05, 0) is 27.7 Å². The van der Waals surface area contributed by atoms with Crippen LogP contribution in [0.4, 0.5) is 4.79 Å². The van der Waals surface area contributed by atoms with Crippen molar-refractivity contribution in [1.82, 2.24) is 19.9 Å². The normalized spacial score (nSPS) is 11.4. The Labute approximate surface area is 128 Å². The Bertz CT molecular complexity index is 613. The summed E-state index contributed by atoms with van der Waals surface area (Å²) in [4.78, 5) is 20.2. The van der Waals surface area contributed by atoms with Crippen LogP contribution in [0.5, 0.6) is 0 Å². The number of hydrogen-bond donors (Lipinski definition) is 1. The first-order chi connectivity index (χ1) is 9.83. The summed E-state index contributed by atoms with van der Waals surface area (Å²) in [6.45, 7) is 8.50. The third-order valence-corrected chi connectivity index (χ3v) is 3.43. The summed E-state index contributed by atoms with van der Waals surface area (Å²) in [7, 11) is 0. The van der Waals surface area contributed by atoms with Crippen LogP contribution in [0, 0.1) is 6.92 Å². The zero-order valence-electron chi connectivity index (χ0n) is 12.7. The van der Waals surface area contributed by atoms with Crippen LogP contribution in [0.3, 0.4) is 0 Å². The molecule has 0 bridgehead atoms. The van der Waals surface area contributed by atoms with Gasteiger partial charge in [-0.15, -0.1) is 11.3 Å². The van der Waals surface area contributed by atoms with Crippen LogP contribution in [0.25, 0.3) is 0 Å². The van der Waals surface area contributed by atoms with E-state index in [9.17, 15) is 4.79 Å². The van der Waals surface area contributed by atoms with Crippen molar-refractivity contribution in [3.63, 3.8) is 0 Å². The number of imidazole rings is 1. The minimum absolute atomic E-state index is 0.373. The number of nitrogens with one attached hydrogen (secondary N) is 1. The first-order valence-corrected chi connectivity index (χ1v) is 7.58. The molecule has 0 fully saturated rings. The Morgan fingerprint density at radius 1 is 1.48 bits per heavy atom. The van der Waals surface area contributed by atoms with Crippen molar-refractivity contribution in [2.45, 2.75) is 46.4 Å². The fourth-order valence-corrected chi connectivity index (χ4v) is 2.37. The number of thiazole rings is 1. The van der Waals surface area contributed by atoms with Gasteiger partial charge in [-0.3, -0.25) is 0 Å². The molecule has 1 amide bonds. The lowest BCUT2D eigenvalue weighted by Crippen LogP contribution is -2.32. The largest absolute Gasteiger partial charge is 0.444 e. The van der Waals surface area contributed by atoms with Gasteiger partial charge in [0.05, 0.1) is 35.8 Å². The maximum atomic E-state index is 11.7. The monoisotopic (exact) mass is 308 g/mol. The molecular formula is C14H20N4O2S. The highest BCUT2D eigenvalue weighted by Crippen LogP contribution is 2.11. The van der Waals surface area contributed by atoms with Crippen molar-refractivity contribution in [2.75, 3.05) is 0 Å². The summed E-state index contributed by atoms with van der Waals surface area (Å²) in [6.07, 6.45) is 3.04. The molecular weight excluding hydrogens is 288 g/mol. The second kappa shape index (κ2) is 6.26. The minimum atomic E-state index is -0.498. The summed E-state index contributed by atoms with van der Waals surface area (Å²) in [5.74, 6) is 0. The van der Waals surface area contributed by atoms with E-state index in [0.717, 1.165) is 16.4 Å². The number of carbonyl (C=O) groups excluding carboxylic acids is 1. The summed E-state index contributed by atoms with van der Waals surface area (Å²) < 4.78 is 7.17. The van der Waals surface area contributed by atoms with Crippen molar-refractivity contribution >= 4 is 17.4 Å². The fourth-order valence-electron chi connectivity index (χ4n) is 1.77. The SMILES string of the molecule is Cc1nc(Cn2cncc2CNC(=O)OC(C)(C)C)cs1. The number of alkyl carbamates (subject to hydrolysis) is 1. The van der Waals surface area contributed by atoms with Gasteiger partial charge >= 0.3 is 6.09 Å². The van der Waals surface area contributed by atoms with E-state index in [4.69, 9.17) is 4.74 Å². The Morgan fingerprint density at radius 2 is 2.24 bits per heavy atom. The summed E-state index contributed by atoms with van der Waals surface area (Å²) >= 11 is 1.62. The molecule has 0 aliphatic rings. The predicted octanol–water partition coefficient (Wildman–Crippen LogP) is 2.72. The third-order valence-electron chi connectivity index (χ3n) is 2.61. The van der Waals surface area contributed by atoms with Gasteiger partial charge in [0, 0.05) is 11.6 Å².